The molecule has 3 aromatic rings. The minimum absolute atomic E-state index is 0.0721. The molecule has 7 nitrogen and oxygen atoms in total. The number of halogens is 1. The molecule has 3 rings (SSSR count). The molecule has 0 amide bonds. The zero-order valence-electron chi connectivity index (χ0n) is 14.6. The monoisotopic (exact) mass is 427 g/mol. The van der Waals surface area contributed by atoms with Crippen molar-refractivity contribution in [3.63, 3.8) is 0 Å². The molecule has 0 radical (unpaired) electrons. The fraction of sp³-hybridized carbons (Fsp3) is 0.176. The van der Waals surface area contributed by atoms with Crippen LogP contribution in [-0.2, 0) is 26.6 Å². The Morgan fingerprint density at radius 3 is 2.37 bits per heavy atom. The van der Waals surface area contributed by atoms with E-state index < -0.39 is 20.0 Å². The number of sulfonamides is 2. The minimum Gasteiger partial charge on any atom is -0.358 e. The summed E-state index contributed by atoms with van der Waals surface area (Å²) in [6.45, 7) is 0.160. The molecule has 2 aromatic carbocycles. The van der Waals surface area contributed by atoms with Crippen LogP contribution in [0.25, 0.3) is 10.9 Å². The van der Waals surface area contributed by atoms with Crippen molar-refractivity contribution in [1.82, 2.24) is 9.29 Å². The van der Waals surface area contributed by atoms with Crippen molar-refractivity contribution in [3.05, 3.63) is 59.2 Å². The number of hydrogen-bond acceptors (Lipinski definition) is 4. The number of aromatic nitrogens is 1. The highest BCUT2D eigenvalue weighted by molar-refractivity contribution is 7.92. The Bertz CT molecular complexity index is 1190. The Hall–Kier alpha value is -2.07. The predicted octanol–water partition coefficient (Wildman–Crippen LogP) is 3.01. The number of fused-ring (bicyclic) bond motifs is 1. The highest BCUT2D eigenvalue weighted by atomic mass is 35.5. The van der Waals surface area contributed by atoms with E-state index in [1.54, 1.807) is 36.5 Å². The lowest BCUT2D eigenvalue weighted by atomic mass is 10.2. The molecule has 2 N–H and O–H groups in total. The summed E-state index contributed by atoms with van der Waals surface area (Å²) in [5.74, 6) is 0. The maximum Gasteiger partial charge on any atom is 0.261 e. The summed E-state index contributed by atoms with van der Waals surface area (Å²) in [6, 6.07) is 11.2. The summed E-state index contributed by atoms with van der Waals surface area (Å²) >= 11 is 6.07. The normalized spacial score (nSPS) is 12.6. The molecule has 1 aromatic heterocycles. The van der Waals surface area contributed by atoms with Crippen LogP contribution in [0.1, 0.15) is 5.56 Å². The topological polar surface area (TPSA) is 99.3 Å². The Morgan fingerprint density at radius 1 is 1.07 bits per heavy atom. The number of aromatic amines is 1. The first-order valence-corrected chi connectivity index (χ1v) is 11.6. The van der Waals surface area contributed by atoms with Gasteiger partial charge in [-0.3, -0.25) is 4.72 Å². The third kappa shape index (κ3) is 4.27. The van der Waals surface area contributed by atoms with E-state index in [1.165, 1.54) is 23.5 Å². The number of hydrogen-bond donors (Lipinski definition) is 2. The van der Waals surface area contributed by atoms with Crippen LogP contribution >= 0.6 is 11.6 Å². The van der Waals surface area contributed by atoms with E-state index in [4.69, 9.17) is 11.6 Å². The van der Waals surface area contributed by atoms with Crippen LogP contribution < -0.4 is 4.72 Å². The average molecular weight is 428 g/mol. The molecule has 144 valence electrons. The van der Waals surface area contributed by atoms with E-state index in [9.17, 15) is 16.8 Å². The van der Waals surface area contributed by atoms with Gasteiger partial charge in [0.15, 0.2) is 0 Å². The van der Waals surface area contributed by atoms with E-state index in [1.807, 2.05) is 0 Å². The largest absolute Gasteiger partial charge is 0.358 e. The van der Waals surface area contributed by atoms with Gasteiger partial charge < -0.3 is 4.98 Å². The molecule has 27 heavy (non-hydrogen) atoms. The average Bonchev–Trinajstić information content (AvgIpc) is 2.97. The van der Waals surface area contributed by atoms with Crippen LogP contribution in [0.15, 0.2) is 53.6 Å². The predicted molar refractivity (Wildman–Crippen MR) is 107 cm³/mol. The molecular weight excluding hydrogens is 410 g/mol. The molecule has 1 heterocycles. The molecule has 0 aliphatic carbocycles. The zero-order chi connectivity index (χ0) is 19.8. The van der Waals surface area contributed by atoms with Gasteiger partial charge in [-0.1, -0.05) is 35.9 Å². The summed E-state index contributed by atoms with van der Waals surface area (Å²) in [7, 11) is -5.66. The Morgan fingerprint density at radius 2 is 1.74 bits per heavy atom. The van der Waals surface area contributed by atoms with Gasteiger partial charge in [-0.15, -0.1) is 0 Å². The molecule has 0 bridgehead atoms. The number of benzene rings is 2. The van der Waals surface area contributed by atoms with Crippen molar-refractivity contribution in [3.8, 4) is 0 Å². The van der Waals surface area contributed by atoms with Crippen LogP contribution in [0.3, 0.4) is 0 Å². The summed E-state index contributed by atoms with van der Waals surface area (Å²) in [4.78, 5) is 3.03. The van der Waals surface area contributed by atoms with Gasteiger partial charge in [-0.25, -0.2) is 21.1 Å². The van der Waals surface area contributed by atoms with Gasteiger partial charge in [0.1, 0.15) is 0 Å². The molecule has 0 saturated heterocycles. The van der Waals surface area contributed by atoms with E-state index in [0.29, 0.717) is 21.8 Å². The maximum atomic E-state index is 12.7. The number of H-pyrrole nitrogens is 1. The van der Waals surface area contributed by atoms with Crippen LogP contribution in [0.4, 0.5) is 5.69 Å². The van der Waals surface area contributed by atoms with Gasteiger partial charge in [0.2, 0.25) is 10.0 Å². The molecule has 0 atom stereocenters. The van der Waals surface area contributed by atoms with Crippen LogP contribution in [0, 0.1) is 0 Å². The number of para-hydroxylation sites is 1. The van der Waals surface area contributed by atoms with Gasteiger partial charge in [0, 0.05) is 25.2 Å². The first-order chi connectivity index (χ1) is 12.6. The number of nitrogens with zero attached hydrogens (tertiary/aromatic N) is 1. The van der Waals surface area contributed by atoms with Crippen LogP contribution in [-0.4, -0.2) is 39.4 Å². The fourth-order valence-electron chi connectivity index (χ4n) is 2.56. The number of rotatable bonds is 6. The molecule has 0 aliphatic rings. The van der Waals surface area contributed by atoms with Gasteiger partial charge in [0.05, 0.1) is 27.4 Å². The Balaban J connectivity index is 1.84. The van der Waals surface area contributed by atoms with Crippen molar-refractivity contribution in [2.24, 2.45) is 0 Å². The fourth-order valence-corrected chi connectivity index (χ4v) is 4.22. The summed E-state index contributed by atoms with van der Waals surface area (Å²) in [5, 5.41) is 1.22. The standard InChI is InChI=1S/C17H18ClN3O4S2/c1-21(26(2,22)23)11-12-6-8-13(9-7-12)27(24,25)20-16-5-3-4-14-15(18)10-19-17(14)16/h3-10,19-20H,11H2,1-2H3. The minimum atomic E-state index is -3.81. The highest BCUT2D eigenvalue weighted by Crippen LogP contribution is 2.29. The lowest BCUT2D eigenvalue weighted by Gasteiger charge is -2.14. The lowest BCUT2D eigenvalue weighted by Crippen LogP contribution is -2.24. The second-order valence-electron chi connectivity index (χ2n) is 6.13. The molecule has 0 fully saturated rings. The van der Waals surface area contributed by atoms with Gasteiger partial charge in [0.25, 0.3) is 10.0 Å². The highest BCUT2D eigenvalue weighted by Gasteiger charge is 2.17. The van der Waals surface area contributed by atoms with E-state index in [-0.39, 0.29) is 11.4 Å². The molecule has 0 saturated carbocycles. The Kier molecular flexibility index (Phi) is 5.22. The molecule has 0 aliphatic heterocycles. The molecule has 0 unspecified atom stereocenters. The number of nitrogens with one attached hydrogen (secondary N) is 2. The lowest BCUT2D eigenvalue weighted by molar-refractivity contribution is 0.472. The zero-order valence-corrected chi connectivity index (χ0v) is 17.0. The third-order valence-electron chi connectivity index (χ3n) is 4.11. The second-order valence-corrected chi connectivity index (χ2v) is 10.3. The smallest absolute Gasteiger partial charge is 0.261 e. The van der Waals surface area contributed by atoms with Crippen molar-refractivity contribution in [1.29, 1.82) is 0 Å². The van der Waals surface area contributed by atoms with Gasteiger partial charge in [-0.2, -0.15) is 0 Å². The first kappa shape index (κ1) is 19.7. The van der Waals surface area contributed by atoms with Crippen molar-refractivity contribution in [2.75, 3.05) is 18.0 Å². The van der Waals surface area contributed by atoms with E-state index in [2.05, 4.69) is 9.71 Å². The van der Waals surface area contributed by atoms with E-state index in [0.717, 1.165) is 11.6 Å². The first-order valence-electron chi connectivity index (χ1n) is 7.86. The molecule has 0 spiro atoms. The maximum absolute atomic E-state index is 12.7. The van der Waals surface area contributed by atoms with Crippen LogP contribution in [0.5, 0.6) is 0 Å². The summed E-state index contributed by atoms with van der Waals surface area (Å²) in [6.07, 6.45) is 2.71. The third-order valence-corrected chi connectivity index (χ3v) is 7.07. The quantitative estimate of drug-likeness (QED) is 0.631. The van der Waals surface area contributed by atoms with Gasteiger partial charge >= 0.3 is 0 Å². The Labute approximate surface area is 163 Å². The van der Waals surface area contributed by atoms with E-state index >= 15 is 0 Å². The van der Waals surface area contributed by atoms with Crippen LogP contribution in [0.2, 0.25) is 5.02 Å². The SMILES string of the molecule is CN(Cc1ccc(S(=O)(=O)Nc2cccc3c(Cl)c[nH]c23)cc1)S(C)(=O)=O. The molecular formula is C17H18ClN3O4S2. The summed E-state index contributed by atoms with van der Waals surface area (Å²) < 4.78 is 52.1. The molecule has 10 heteroatoms. The summed E-state index contributed by atoms with van der Waals surface area (Å²) in [5.41, 5.74) is 1.66. The number of anilines is 1. The second kappa shape index (κ2) is 7.16. The van der Waals surface area contributed by atoms with Gasteiger partial charge in [-0.05, 0) is 23.8 Å². The van der Waals surface area contributed by atoms with Crippen molar-refractivity contribution in [2.45, 2.75) is 11.4 Å². The van der Waals surface area contributed by atoms with Crippen molar-refractivity contribution >= 4 is 48.2 Å². The van der Waals surface area contributed by atoms with Crippen molar-refractivity contribution < 1.29 is 16.8 Å².